The lowest BCUT2D eigenvalue weighted by molar-refractivity contribution is -0.894. The molecule has 6 nitrogen and oxygen atoms in total. The molecule has 2 amide bonds. The molecule has 116 valence electrons. The molecule has 0 spiro atoms. The number of hydrogen-bond donors (Lipinski definition) is 2. The number of halogens is 1. The van der Waals surface area contributed by atoms with Gasteiger partial charge in [-0.1, -0.05) is 15.9 Å². The quantitative estimate of drug-likeness (QED) is 0.780. The number of rotatable bonds is 6. The Kier molecular flexibility index (Phi) is 7.18. The number of nitrogens with one attached hydrogen (secondary N) is 2. The molecule has 0 heterocycles. The number of ether oxygens (including phenoxy) is 2. The third-order valence-electron chi connectivity index (χ3n) is 3.12. The van der Waals surface area contributed by atoms with Crippen molar-refractivity contribution in [2.75, 3.05) is 27.3 Å². The Hall–Kier alpha value is -1.60. The zero-order valence-corrected chi connectivity index (χ0v) is 13.9. The average molecular weight is 360 g/mol. The number of alkyl carbamates (subject to hydrolysis) is 1. The van der Waals surface area contributed by atoms with Crippen molar-refractivity contribution in [3.8, 4) is 5.75 Å². The Bertz CT molecular complexity index is 478. The fourth-order valence-corrected chi connectivity index (χ4v) is 1.83. The van der Waals surface area contributed by atoms with E-state index in [1.807, 2.05) is 31.3 Å². The van der Waals surface area contributed by atoms with Gasteiger partial charge >= 0.3 is 6.09 Å². The number of likely N-dealkylation sites (N-methyl/N-ethyl adjacent to an activating group) is 1. The fourth-order valence-electron chi connectivity index (χ4n) is 1.56. The van der Waals surface area contributed by atoms with Gasteiger partial charge in [-0.3, -0.25) is 10.1 Å². The highest BCUT2D eigenvalue weighted by Crippen LogP contribution is 2.15. The van der Waals surface area contributed by atoms with E-state index in [9.17, 15) is 9.59 Å². The highest BCUT2D eigenvalue weighted by Gasteiger charge is 2.23. The van der Waals surface area contributed by atoms with Crippen molar-refractivity contribution in [1.29, 1.82) is 0 Å². The maximum Gasteiger partial charge on any atom is 0.413 e. The van der Waals surface area contributed by atoms with Crippen molar-refractivity contribution in [2.24, 2.45) is 0 Å². The van der Waals surface area contributed by atoms with Gasteiger partial charge in [-0.25, -0.2) is 4.79 Å². The van der Waals surface area contributed by atoms with Crippen LogP contribution < -0.4 is 15.0 Å². The number of benzene rings is 1. The first-order chi connectivity index (χ1) is 9.93. The number of imide groups is 1. The number of hydrogen-bond acceptors (Lipinski definition) is 4. The number of methoxy groups -OCH3 is 1. The molecule has 1 unspecified atom stereocenters. The fraction of sp³-hybridized carbons (Fsp3) is 0.429. The van der Waals surface area contributed by atoms with Crippen LogP contribution >= 0.6 is 15.9 Å². The summed E-state index contributed by atoms with van der Waals surface area (Å²) in [6, 6.07) is 7.16. The molecular weight excluding hydrogens is 340 g/mol. The van der Waals surface area contributed by atoms with E-state index in [0.29, 0.717) is 13.2 Å². The normalized spacial score (nSPS) is 13.1. The van der Waals surface area contributed by atoms with Gasteiger partial charge in [-0.15, -0.1) is 0 Å². The highest BCUT2D eigenvalue weighted by molar-refractivity contribution is 9.10. The second-order valence-corrected chi connectivity index (χ2v) is 5.52. The van der Waals surface area contributed by atoms with Gasteiger partial charge < -0.3 is 14.4 Å². The molecule has 0 saturated heterocycles. The zero-order valence-electron chi connectivity index (χ0n) is 12.3. The van der Waals surface area contributed by atoms with Gasteiger partial charge in [0.25, 0.3) is 5.91 Å². The second-order valence-electron chi connectivity index (χ2n) is 4.60. The van der Waals surface area contributed by atoms with Crippen molar-refractivity contribution in [1.82, 2.24) is 5.32 Å². The second kappa shape index (κ2) is 8.63. The molecule has 0 bridgehead atoms. The summed E-state index contributed by atoms with van der Waals surface area (Å²) in [4.78, 5) is 23.7. The lowest BCUT2D eigenvalue weighted by Gasteiger charge is -2.20. The zero-order chi connectivity index (χ0) is 15.8. The van der Waals surface area contributed by atoms with Crippen molar-refractivity contribution in [2.45, 2.75) is 13.0 Å². The average Bonchev–Trinajstić information content (AvgIpc) is 2.48. The number of carbonyl (C=O) groups excluding carboxylic acids is 2. The first-order valence-electron chi connectivity index (χ1n) is 6.53. The number of carbonyl (C=O) groups is 2. The summed E-state index contributed by atoms with van der Waals surface area (Å²) in [6.07, 6.45) is -0.745. The third kappa shape index (κ3) is 6.14. The number of amides is 2. The van der Waals surface area contributed by atoms with E-state index in [0.717, 1.165) is 15.1 Å². The summed E-state index contributed by atoms with van der Waals surface area (Å²) in [6.45, 7) is 2.85. The van der Waals surface area contributed by atoms with Crippen molar-refractivity contribution < 1.29 is 24.0 Å². The van der Waals surface area contributed by atoms with Crippen LogP contribution in [0.25, 0.3) is 0 Å². The van der Waals surface area contributed by atoms with E-state index in [4.69, 9.17) is 4.74 Å². The van der Waals surface area contributed by atoms with Crippen molar-refractivity contribution >= 4 is 27.9 Å². The minimum atomic E-state index is -0.745. The largest absolute Gasteiger partial charge is 0.488 e. The molecule has 21 heavy (non-hydrogen) atoms. The minimum absolute atomic E-state index is 0.372. The van der Waals surface area contributed by atoms with Crippen LogP contribution in [0.4, 0.5) is 4.79 Å². The predicted molar refractivity (Wildman–Crippen MR) is 81.4 cm³/mol. The summed E-state index contributed by atoms with van der Waals surface area (Å²) in [5, 5.41) is 2.16. The Balaban J connectivity index is 2.35. The van der Waals surface area contributed by atoms with Gasteiger partial charge in [0.1, 0.15) is 18.9 Å². The van der Waals surface area contributed by atoms with E-state index in [-0.39, 0.29) is 11.9 Å². The van der Waals surface area contributed by atoms with Gasteiger partial charge in [0.05, 0.1) is 14.2 Å². The van der Waals surface area contributed by atoms with Gasteiger partial charge in [0.15, 0.2) is 6.04 Å². The Morgan fingerprint density at radius 3 is 2.52 bits per heavy atom. The van der Waals surface area contributed by atoms with E-state index < -0.39 is 6.09 Å². The van der Waals surface area contributed by atoms with Crippen LogP contribution in [0.1, 0.15) is 6.92 Å². The van der Waals surface area contributed by atoms with Crippen molar-refractivity contribution in [3.05, 3.63) is 28.7 Å². The molecule has 1 aromatic carbocycles. The van der Waals surface area contributed by atoms with Crippen LogP contribution in [-0.2, 0) is 9.53 Å². The van der Waals surface area contributed by atoms with E-state index in [1.54, 1.807) is 6.92 Å². The van der Waals surface area contributed by atoms with Crippen LogP contribution in [0.5, 0.6) is 5.75 Å². The molecule has 2 N–H and O–H groups in total. The molecule has 0 aromatic heterocycles. The SMILES string of the molecule is COC(=O)NC(=O)[C@@H](C)[NH+](C)CCOc1ccc(Br)cc1. The molecule has 0 aliphatic rings. The summed E-state index contributed by atoms with van der Waals surface area (Å²) in [5.74, 6) is 0.403. The molecule has 0 fully saturated rings. The topological polar surface area (TPSA) is 69.1 Å². The highest BCUT2D eigenvalue weighted by atomic mass is 79.9. The lowest BCUT2D eigenvalue weighted by atomic mass is 10.3. The maximum atomic E-state index is 11.7. The van der Waals surface area contributed by atoms with Gasteiger partial charge in [-0.05, 0) is 31.2 Å². The monoisotopic (exact) mass is 359 g/mol. The lowest BCUT2D eigenvalue weighted by Crippen LogP contribution is -3.14. The molecule has 0 radical (unpaired) electrons. The molecular formula is C14H20BrN2O4+. The van der Waals surface area contributed by atoms with E-state index in [2.05, 4.69) is 26.0 Å². The van der Waals surface area contributed by atoms with Gasteiger partial charge in [0.2, 0.25) is 0 Å². The first-order valence-corrected chi connectivity index (χ1v) is 7.33. The molecule has 0 aliphatic carbocycles. The molecule has 7 heteroatoms. The number of quaternary nitrogens is 1. The summed E-state index contributed by atoms with van der Waals surface area (Å²) in [7, 11) is 3.09. The molecule has 1 aromatic rings. The van der Waals surface area contributed by atoms with Crippen molar-refractivity contribution in [3.63, 3.8) is 0 Å². The standard InChI is InChI=1S/C14H19BrN2O4/c1-10(13(18)16-14(19)20-3)17(2)8-9-21-12-6-4-11(15)5-7-12/h4-7,10H,8-9H2,1-3H3,(H,16,18,19)/p+1/t10-/m1/s1. The third-order valence-corrected chi connectivity index (χ3v) is 3.65. The van der Waals surface area contributed by atoms with Crippen LogP contribution in [0.15, 0.2) is 28.7 Å². The van der Waals surface area contributed by atoms with E-state index >= 15 is 0 Å². The van der Waals surface area contributed by atoms with Gasteiger partial charge in [0, 0.05) is 4.47 Å². The maximum absolute atomic E-state index is 11.7. The van der Waals surface area contributed by atoms with Crippen LogP contribution in [-0.4, -0.2) is 45.4 Å². The van der Waals surface area contributed by atoms with Crippen LogP contribution in [0.2, 0.25) is 0 Å². The van der Waals surface area contributed by atoms with Crippen LogP contribution in [0, 0.1) is 0 Å². The molecule has 0 saturated carbocycles. The molecule has 1 rings (SSSR count). The summed E-state index contributed by atoms with van der Waals surface area (Å²) in [5.41, 5.74) is 0. The smallest absolute Gasteiger partial charge is 0.413 e. The van der Waals surface area contributed by atoms with E-state index in [1.165, 1.54) is 7.11 Å². The predicted octanol–water partition coefficient (Wildman–Crippen LogP) is 0.614. The summed E-state index contributed by atoms with van der Waals surface area (Å²) >= 11 is 3.36. The minimum Gasteiger partial charge on any atom is -0.488 e. The van der Waals surface area contributed by atoms with Gasteiger partial charge in [-0.2, -0.15) is 0 Å². The Morgan fingerprint density at radius 2 is 1.95 bits per heavy atom. The Morgan fingerprint density at radius 1 is 1.33 bits per heavy atom. The molecule has 0 aliphatic heterocycles. The Labute approximate surface area is 132 Å². The first kappa shape index (κ1) is 17.5. The summed E-state index contributed by atoms with van der Waals surface area (Å²) < 4.78 is 11.0. The molecule has 2 atom stereocenters. The van der Waals surface area contributed by atoms with Crippen LogP contribution in [0.3, 0.4) is 0 Å².